The Morgan fingerprint density at radius 2 is 1.85 bits per heavy atom. The first kappa shape index (κ1) is 23.7. The number of allylic oxidation sites excluding steroid dienone is 1. The average molecular weight is 496 g/mol. The summed E-state index contributed by atoms with van der Waals surface area (Å²) in [6.45, 7) is 4.25. The van der Waals surface area contributed by atoms with Crippen molar-refractivity contribution >= 4 is 51.3 Å². The summed E-state index contributed by atoms with van der Waals surface area (Å²) >= 11 is 12.1. The molecule has 3 aromatic carbocycles. The third kappa shape index (κ3) is 5.06. The van der Waals surface area contributed by atoms with Gasteiger partial charge in [0.1, 0.15) is 17.1 Å². The van der Waals surface area contributed by atoms with E-state index in [1.165, 1.54) is 6.08 Å². The van der Waals surface area contributed by atoms with Crippen molar-refractivity contribution in [3.63, 3.8) is 0 Å². The molecule has 174 valence electrons. The van der Waals surface area contributed by atoms with Gasteiger partial charge in [0.15, 0.2) is 0 Å². The largest absolute Gasteiger partial charge is 0.497 e. The summed E-state index contributed by atoms with van der Waals surface area (Å²) < 4.78 is 16.9. The van der Waals surface area contributed by atoms with Gasteiger partial charge < -0.3 is 19.2 Å². The monoisotopic (exact) mass is 495 g/mol. The lowest BCUT2D eigenvalue weighted by Crippen LogP contribution is -2.09. The maximum absolute atomic E-state index is 12.7. The van der Waals surface area contributed by atoms with Crippen LogP contribution >= 0.6 is 23.2 Å². The number of hydrogen-bond donors (Lipinski definition) is 1. The number of halogens is 2. The summed E-state index contributed by atoms with van der Waals surface area (Å²) in [5.41, 5.74) is 4.64. The highest BCUT2D eigenvalue weighted by atomic mass is 35.5. The van der Waals surface area contributed by atoms with Crippen molar-refractivity contribution in [3.8, 4) is 22.6 Å². The van der Waals surface area contributed by atoms with Gasteiger partial charge in [-0.05, 0) is 61.4 Å². The number of carbonyl (C=O) groups excluding carboxylic acids is 1. The highest BCUT2D eigenvalue weighted by Gasteiger charge is 2.16. The van der Waals surface area contributed by atoms with E-state index in [1.807, 2.05) is 50.2 Å². The Kier molecular flexibility index (Phi) is 7.15. The van der Waals surface area contributed by atoms with Gasteiger partial charge >= 0.3 is 0 Å². The summed E-state index contributed by atoms with van der Waals surface area (Å²) in [7, 11) is 1.63. The molecule has 0 aliphatic rings. The lowest BCUT2D eigenvalue weighted by molar-refractivity contribution is -0.111. The molecule has 0 spiro atoms. The molecule has 7 heteroatoms. The lowest BCUT2D eigenvalue weighted by atomic mass is 9.99. The Balaban J connectivity index is 1.71. The van der Waals surface area contributed by atoms with E-state index < -0.39 is 0 Å². The first-order valence-electron chi connectivity index (χ1n) is 10.7. The van der Waals surface area contributed by atoms with E-state index >= 15 is 0 Å². The first-order valence-corrected chi connectivity index (χ1v) is 11.4. The number of methoxy groups -OCH3 is 1. The normalized spacial score (nSPS) is 11.5. The predicted molar refractivity (Wildman–Crippen MR) is 138 cm³/mol. The van der Waals surface area contributed by atoms with Crippen molar-refractivity contribution in [3.05, 3.63) is 82.5 Å². The molecule has 0 aliphatic heterocycles. The molecule has 5 nitrogen and oxygen atoms in total. The SMILES string of the molecule is CCOc1cc2occ(-c3ccc(OC)cc3)c2cc1/C(C)=C/C(=O)Nc1ccc(Cl)cc1Cl. The van der Waals surface area contributed by atoms with E-state index in [1.54, 1.807) is 31.6 Å². The average Bonchev–Trinajstić information content (AvgIpc) is 3.23. The van der Waals surface area contributed by atoms with Crippen LogP contribution in [0.15, 0.2) is 71.4 Å². The molecular formula is C27H23Cl2NO4. The van der Waals surface area contributed by atoms with Crippen molar-refractivity contribution < 1.29 is 18.7 Å². The first-order chi connectivity index (χ1) is 16.4. The van der Waals surface area contributed by atoms with Gasteiger partial charge in [-0.1, -0.05) is 35.3 Å². The lowest BCUT2D eigenvalue weighted by Gasteiger charge is -2.12. The second kappa shape index (κ2) is 10.2. The third-order valence-corrected chi connectivity index (χ3v) is 5.89. The van der Waals surface area contributed by atoms with Crippen molar-refractivity contribution in [2.75, 3.05) is 19.0 Å². The number of rotatable bonds is 7. The number of furan rings is 1. The van der Waals surface area contributed by atoms with Crippen LogP contribution in [0, 0.1) is 0 Å². The summed E-state index contributed by atoms with van der Waals surface area (Å²) in [4.78, 5) is 12.7. The van der Waals surface area contributed by atoms with Crippen LogP contribution in [0.5, 0.6) is 11.5 Å². The van der Waals surface area contributed by atoms with E-state index in [0.717, 1.165) is 33.4 Å². The minimum absolute atomic E-state index is 0.313. The van der Waals surface area contributed by atoms with Gasteiger partial charge in [0, 0.05) is 33.7 Å². The van der Waals surface area contributed by atoms with Crippen LogP contribution in [-0.4, -0.2) is 19.6 Å². The Morgan fingerprint density at radius 3 is 2.53 bits per heavy atom. The van der Waals surface area contributed by atoms with Gasteiger partial charge in [-0.25, -0.2) is 0 Å². The fourth-order valence-electron chi connectivity index (χ4n) is 3.67. The van der Waals surface area contributed by atoms with Crippen molar-refractivity contribution in [2.24, 2.45) is 0 Å². The highest BCUT2D eigenvalue weighted by Crippen LogP contribution is 2.38. The van der Waals surface area contributed by atoms with Crippen LogP contribution in [0.4, 0.5) is 5.69 Å². The smallest absolute Gasteiger partial charge is 0.248 e. The molecule has 0 unspecified atom stereocenters. The second-order valence-corrected chi connectivity index (χ2v) is 8.44. The van der Waals surface area contributed by atoms with E-state index in [9.17, 15) is 4.79 Å². The summed E-state index contributed by atoms with van der Waals surface area (Å²) in [6.07, 6.45) is 3.24. The van der Waals surface area contributed by atoms with Crippen molar-refractivity contribution in [1.82, 2.24) is 0 Å². The van der Waals surface area contributed by atoms with Gasteiger partial charge in [0.05, 0.1) is 30.7 Å². The number of hydrogen-bond acceptors (Lipinski definition) is 4. The topological polar surface area (TPSA) is 60.7 Å². The van der Waals surface area contributed by atoms with Gasteiger partial charge in [0.25, 0.3) is 0 Å². The number of fused-ring (bicyclic) bond motifs is 1. The fraction of sp³-hybridized carbons (Fsp3) is 0.148. The van der Waals surface area contributed by atoms with Crippen LogP contribution in [0.2, 0.25) is 10.0 Å². The molecule has 4 aromatic rings. The van der Waals surface area contributed by atoms with E-state index in [2.05, 4.69) is 5.32 Å². The zero-order valence-electron chi connectivity index (χ0n) is 18.9. The van der Waals surface area contributed by atoms with E-state index in [4.69, 9.17) is 37.1 Å². The molecule has 0 fully saturated rings. The highest BCUT2D eigenvalue weighted by molar-refractivity contribution is 6.36. The second-order valence-electron chi connectivity index (χ2n) is 7.60. The van der Waals surface area contributed by atoms with Crippen molar-refractivity contribution in [2.45, 2.75) is 13.8 Å². The zero-order chi connectivity index (χ0) is 24.2. The van der Waals surface area contributed by atoms with E-state index in [0.29, 0.717) is 33.7 Å². The molecular weight excluding hydrogens is 473 g/mol. The minimum Gasteiger partial charge on any atom is -0.497 e. The minimum atomic E-state index is -0.313. The zero-order valence-corrected chi connectivity index (χ0v) is 20.5. The van der Waals surface area contributed by atoms with Crippen LogP contribution in [0.25, 0.3) is 27.7 Å². The summed E-state index contributed by atoms with van der Waals surface area (Å²) in [6, 6.07) is 16.5. The van der Waals surface area contributed by atoms with Gasteiger partial charge in [-0.2, -0.15) is 0 Å². The summed E-state index contributed by atoms with van der Waals surface area (Å²) in [5, 5.41) is 4.57. The number of benzene rings is 3. The van der Waals surface area contributed by atoms with Gasteiger partial charge in [-0.15, -0.1) is 0 Å². The molecule has 0 atom stereocenters. The molecule has 1 amide bonds. The van der Waals surface area contributed by atoms with Crippen LogP contribution in [0.3, 0.4) is 0 Å². The molecule has 1 aromatic heterocycles. The quantitative estimate of drug-likeness (QED) is 0.265. The third-order valence-electron chi connectivity index (χ3n) is 5.34. The molecule has 1 heterocycles. The number of carbonyl (C=O) groups is 1. The molecule has 4 rings (SSSR count). The number of nitrogens with one attached hydrogen (secondary N) is 1. The Bertz CT molecular complexity index is 1370. The molecule has 0 bridgehead atoms. The molecule has 0 aliphatic carbocycles. The van der Waals surface area contributed by atoms with Crippen LogP contribution < -0.4 is 14.8 Å². The van der Waals surface area contributed by atoms with Crippen LogP contribution in [0.1, 0.15) is 19.4 Å². The fourth-order valence-corrected chi connectivity index (χ4v) is 4.12. The molecule has 0 saturated heterocycles. The standard InChI is InChI=1S/C27H23Cl2NO4/c1-4-33-25-14-26-21(22(15-34-26)17-5-8-19(32-3)9-6-17)13-20(25)16(2)11-27(31)30-24-10-7-18(28)12-23(24)29/h5-15H,4H2,1-3H3,(H,30,31)/b16-11+. The predicted octanol–water partition coefficient (Wildman–Crippen LogP) is 7.86. The number of amides is 1. The maximum atomic E-state index is 12.7. The molecule has 0 saturated carbocycles. The van der Waals surface area contributed by atoms with Gasteiger partial charge in [-0.3, -0.25) is 4.79 Å². The number of ether oxygens (including phenoxy) is 2. The number of anilines is 1. The Morgan fingerprint density at radius 1 is 1.09 bits per heavy atom. The molecule has 0 radical (unpaired) electrons. The Labute approximate surface area is 207 Å². The summed E-state index contributed by atoms with van der Waals surface area (Å²) in [5.74, 6) is 1.10. The molecule has 34 heavy (non-hydrogen) atoms. The van der Waals surface area contributed by atoms with Crippen molar-refractivity contribution in [1.29, 1.82) is 0 Å². The Hall–Kier alpha value is -3.41. The van der Waals surface area contributed by atoms with Gasteiger partial charge in [0.2, 0.25) is 5.91 Å². The molecule has 1 N–H and O–H groups in total. The van der Waals surface area contributed by atoms with Crippen LogP contribution in [-0.2, 0) is 4.79 Å². The van der Waals surface area contributed by atoms with E-state index in [-0.39, 0.29) is 5.91 Å². The maximum Gasteiger partial charge on any atom is 0.248 e.